The Morgan fingerprint density at radius 3 is 1.10 bits per heavy atom. The fraction of sp³-hybridized carbons (Fsp3) is 1.00. The standard InChI is InChI=1S/C20H50O6Si4/c1-27(2,3)25-29(7,8)15-11-13-23-19(17-21)20(18-22)24-14-12-16-30(9,10)26-28(4,5)6/h19-22H,11-18H2,1-10H3/t19-,20-/m1/s1. The normalized spacial score (nSPS) is 16.0. The van der Waals surface area contributed by atoms with Gasteiger partial charge in [-0.25, -0.2) is 0 Å². The maximum atomic E-state index is 9.72. The predicted molar refractivity (Wildman–Crippen MR) is 136 cm³/mol. The highest BCUT2D eigenvalue weighted by Gasteiger charge is 2.30. The Bertz CT molecular complexity index is 421. The highest BCUT2D eigenvalue weighted by atomic mass is 28.4. The van der Waals surface area contributed by atoms with E-state index in [1.54, 1.807) is 0 Å². The van der Waals surface area contributed by atoms with Crippen LogP contribution >= 0.6 is 0 Å². The number of aliphatic hydroxyl groups is 2. The van der Waals surface area contributed by atoms with Gasteiger partial charge in [-0.15, -0.1) is 0 Å². The molecule has 2 atom stereocenters. The van der Waals surface area contributed by atoms with Crippen LogP contribution in [0.1, 0.15) is 12.8 Å². The molecule has 0 aliphatic rings. The summed E-state index contributed by atoms with van der Waals surface area (Å²) < 4.78 is 24.4. The minimum absolute atomic E-state index is 0.156. The largest absolute Gasteiger partial charge is 0.456 e. The third kappa shape index (κ3) is 16.3. The summed E-state index contributed by atoms with van der Waals surface area (Å²) >= 11 is 0. The Kier molecular flexibility index (Phi) is 13.6. The van der Waals surface area contributed by atoms with Crippen molar-refractivity contribution in [1.29, 1.82) is 0 Å². The van der Waals surface area contributed by atoms with Crippen LogP contribution in [0.4, 0.5) is 0 Å². The van der Waals surface area contributed by atoms with E-state index in [2.05, 4.69) is 65.5 Å². The van der Waals surface area contributed by atoms with Gasteiger partial charge in [0.05, 0.1) is 13.2 Å². The van der Waals surface area contributed by atoms with Crippen LogP contribution in [0.25, 0.3) is 0 Å². The van der Waals surface area contributed by atoms with E-state index in [-0.39, 0.29) is 13.2 Å². The second kappa shape index (κ2) is 13.4. The molecule has 0 spiro atoms. The van der Waals surface area contributed by atoms with Crippen molar-refractivity contribution in [3.63, 3.8) is 0 Å². The molecule has 0 aromatic rings. The zero-order valence-electron chi connectivity index (χ0n) is 21.3. The molecule has 0 rings (SSSR count). The fourth-order valence-electron chi connectivity index (χ4n) is 3.78. The van der Waals surface area contributed by atoms with Crippen molar-refractivity contribution in [1.82, 2.24) is 0 Å². The van der Waals surface area contributed by atoms with Crippen molar-refractivity contribution in [2.45, 2.75) is 103 Å². The summed E-state index contributed by atoms with van der Waals surface area (Å²) in [4.78, 5) is 0. The Morgan fingerprint density at radius 1 is 0.567 bits per heavy atom. The first-order chi connectivity index (χ1) is 13.5. The quantitative estimate of drug-likeness (QED) is 0.225. The highest BCUT2D eigenvalue weighted by Crippen LogP contribution is 2.21. The third-order valence-electron chi connectivity index (χ3n) is 4.45. The molecule has 0 amide bonds. The van der Waals surface area contributed by atoms with E-state index in [0.717, 1.165) is 24.9 Å². The molecular formula is C20H50O6Si4. The first kappa shape index (κ1) is 30.6. The number of aliphatic hydroxyl groups excluding tert-OH is 2. The Balaban J connectivity index is 4.34. The van der Waals surface area contributed by atoms with Gasteiger partial charge in [0.25, 0.3) is 0 Å². The van der Waals surface area contributed by atoms with Crippen LogP contribution in [0.5, 0.6) is 0 Å². The molecule has 6 nitrogen and oxygen atoms in total. The summed E-state index contributed by atoms with van der Waals surface area (Å²) in [5.41, 5.74) is 0. The average Bonchev–Trinajstić information content (AvgIpc) is 2.51. The third-order valence-corrected chi connectivity index (χ3v) is 16.9. The van der Waals surface area contributed by atoms with Gasteiger partial charge in [-0.1, -0.05) is 0 Å². The second-order valence-electron chi connectivity index (χ2n) is 11.3. The molecule has 0 aromatic heterocycles. The van der Waals surface area contributed by atoms with Gasteiger partial charge < -0.3 is 27.9 Å². The summed E-state index contributed by atoms with van der Waals surface area (Å²) in [5, 5.41) is 19.4. The van der Waals surface area contributed by atoms with Gasteiger partial charge in [0.1, 0.15) is 12.2 Å². The van der Waals surface area contributed by atoms with E-state index in [4.69, 9.17) is 17.7 Å². The lowest BCUT2D eigenvalue weighted by atomic mass is 10.2. The van der Waals surface area contributed by atoms with Gasteiger partial charge in [0, 0.05) is 13.2 Å². The van der Waals surface area contributed by atoms with Crippen LogP contribution in [-0.2, 0) is 17.7 Å². The van der Waals surface area contributed by atoms with Gasteiger partial charge in [-0.05, 0) is 90.4 Å². The molecule has 0 fully saturated rings. The summed E-state index contributed by atoms with van der Waals surface area (Å²) in [7, 11) is -6.42. The molecule has 0 aliphatic heterocycles. The SMILES string of the molecule is C[Si](C)(C)O[Si](C)(C)CCCO[C@H](CO)[C@@H](CO)OCCC[Si](C)(C)O[Si](C)(C)C. The van der Waals surface area contributed by atoms with E-state index in [1.807, 2.05) is 0 Å². The molecule has 10 heteroatoms. The van der Waals surface area contributed by atoms with Crippen molar-refractivity contribution in [3.05, 3.63) is 0 Å². The lowest BCUT2D eigenvalue weighted by molar-refractivity contribution is -0.109. The minimum Gasteiger partial charge on any atom is -0.456 e. The molecule has 30 heavy (non-hydrogen) atoms. The van der Waals surface area contributed by atoms with Crippen molar-refractivity contribution in [2.75, 3.05) is 26.4 Å². The van der Waals surface area contributed by atoms with Gasteiger partial charge >= 0.3 is 0 Å². The molecule has 0 bridgehead atoms. The van der Waals surface area contributed by atoms with Crippen LogP contribution < -0.4 is 0 Å². The summed E-state index contributed by atoms with van der Waals surface area (Å²) in [6, 6.07) is 2.05. The van der Waals surface area contributed by atoms with E-state index >= 15 is 0 Å². The monoisotopic (exact) mass is 498 g/mol. The fourth-order valence-corrected chi connectivity index (χ4v) is 19.9. The maximum Gasteiger partial charge on any atom is 0.173 e. The summed E-state index contributed by atoms with van der Waals surface area (Å²) in [5.74, 6) is 0. The highest BCUT2D eigenvalue weighted by molar-refractivity contribution is 6.84. The molecule has 0 unspecified atom stereocenters. The van der Waals surface area contributed by atoms with Crippen LogP contribution in [0.3, 0.4) is 0 Å². The molecule has 0 aliphatic carbocycles. The van der Waals surface area contributed by atoms with Gasteiger partial charge in [0.2, 0.25) is 0 Å². The van der Waals surface area contributed by atoms with Crippen LogP contribution in [0.15, 0.2) is 0 Å². The zero-order chi connectivity index (χ0) is 23.6. The van der Waals surface area contributed by atoms with E-state index < -0.39 is 45.5 Å². The van der Waals surface area contributed by atoms with E-state index in [9.17, 15) is 10.2 Å². The summed E-state index contributed by atoms with van der Waals surface area (Å²) in [6.07, 6.45) is 0.792. The topological polar surface area (TPSA) is 77.4 Å². The van der Waals surface area contributed by atoms with Crippen molar-refractivity contribution in [3.8, 4) is 0 Å². The Labute approximate surface area is 190 Å². The molecule has 0 aromatic carbocycles. The Morgan fingerprint density at radius 2 is 0.867 bits per heavy atom. The van der Waals surface area contributed by atoms with E-state index in [0.29, 0.717) is 13.2 Å². The van der Waals surface area contributed by atoms with Crippen LogP contribution in [0.2, 0.25) is 77.6 Å². The molecule has 0 saturated carbocycles. The summed E-state index contributed by atoms with van der Waals surface area (Å²) in [6.45, 7) is 23.1. The first-order valence-electron chi connectivity index (χ1n) is 11.4. The van der Waals surface area contributed by atoms with Gasteiger partial charge in [0.15, 0.2) is 33.3 Å². The van der Waals surface area contributed by atoms with E-state index in [1.165, 1.54) is 0 Å². The number of hydrogen-bond acceptors (Lipinski definition) is 6. The maximum absolute atomic E-state index is 9.72. The van der Waals surface area contributed by atoms with Crippen molar-refractivity contribution in [2.24, 2.45) is 0 Å². The molecule has 0 saturated heterocycles. The molecule has 0 heterocycles. The lowest BCUT2D eigenvalue weighted by Crippen LogP contribution is -2.43. The minimum atomic E-state index is -1.68. The number of ether oxygens (including phenoxy) is 2. The lowest BCUT2D eigenvalue weighted by Gasteiger charge is -2.32. The molecule has 0 radical (unpaired) electrons. The number of hydrogen-bond donors (Lipinski definition) is 2. The number of rotatable bonds is 17. The van der Waals surface area contributed by atoms with Gasteiger partial charge in [-0.2, -0.15) is 0 Å². The van der Waals surface area contributed by atoms with Crippen LogP contribution in [0, 0.1) is 0 Å². The first-order valence-corrected chi connectivity index (χ1v) is 24.4. The smallest absolute Gasteiger partial charge is 0.173 e. The zero-order valence-corrected chi connectivity index (χ0v) is 25.3. The molecule has 2 N–H and O–H groups in total. The van der Waals surface area contributed by atoms with Crippen LogP contribution in [-0.4, -0.2) is 82.1 Å². The predicted octanol–water partition coefficient (Wildman–Crippen LogP) is 4.63. The average molecular weight is 499 g/mol. The Hall–Kier alpha value is 0.628. The second-order valence-corrected chi connectivity index (χ2v) is 29.5. The van der Waals surface area contributed by atoms with Crippen molar-refractivity contribution < 1.29 is 27.9 Å². The molecular weight excluding hydrogens is 449 g/mol. The molecule has 182 valence electrons. The van der Waals surface area contributed by atoms with Gasteiger partial charge in [-0.3, -0.25) is 0 Å². The van der Waals surface area contributed by atoms with Crippen molar-refractivity contribution >= 4 is 33.3 Å².